The number of ether oxygens (including phenoxy) is 1. The van der Waals surface area contributed by atoms with Gasteiger partial charge in [-0.25, -0.2) is 4.79 Å². The number of hydrogen-bond acceptors (Lipinski definition) is 4. The van der Waals surface area contributed by atoms with Crippen molar-refractivity contribution in [2.75, 3.05) is 25.0 Å². The molecule has 0 aromatic heterocycles. The highest BCUT2D eigenvalue weighted by Crippen LogP contribution is 2.21. The van der Waals surface area contributed by atoms with Crippen molar-refractivity contribution in [1.82, 2.24) is 4.90 Å². The van der Waals surface area contributed by atoms with Crippen molar-refractivity contribution in [3.8, 4) is 0 Å². The summed E-state index contributed by atoms with van der Waals surface area (Å²) in [6, 6.07) is 13.0. The lowest BCUT2D eigenvalue weighted by Crippen LogP contribution is -2.33. The third kappa shape index (κ3) is 5.45. The van der Waals surface area contributed by atoms with Crippen molar-refractivity contribution in [1.29, 1.82) is 0 Å². The monoisotopic (exact) mass is 394 g/mol. The molecule has 3 rings (SSSR count). The van der Waals surface area contributed by atoms with Gasteiger partial charge in [0.2, 0.25) is 0 Å². The molecule has 1 atom stereocenters. The third-order valence-electron chi connectivity index (χ3n) is 5.44. The number of benzene rings is 2. The molecule has 1 aliphatic rings. The molecule has 0 aliphatic carbocycles. The first-order chi connectivity index (χ1) is 14.0. The molecule has 1 amide bonds. The van der Waals surface area contributed by atoms with E-state index >= 15 is 0 Å². The first-order valence-corrected chi connectivity index (χ1v) is 10.4. The molecule has 2 aromatic rings. The predicted molar refractivity (Wildman–Crippen MR) is 115 cm³/mol. The summed E-state index contributed by atoms with van der Waals surface area (Å²) in [6.07, 6.45) is 2.57. The molecule has 29 heavy (non-hydrogen) atoms. The van der Waals surface area contributed by atoms with E-state index in [-0.39, 0.29) is 11.9 Å². The van der Waals surface area contributed by atoms with Crippen LogP contribution in [0.1, 0.15) is 58.5 Å². The van der Waals surface area contributed by atoms with E-state index in [1.165, 1.54) is 18.4 Å². The van der Waals surface area contributed by atoms with Crippen molar-refractivity contribution in [2.24, 2.45) is 5.92 Å². The molecule has 5 nitrogen and oxygen atoms in total. The van der Waals surface area contributed by atoms with Crippen LogP contribution in [0.5, 0.6) is 0 Å². The lowest BCUT2D eigenvalue weighted by Gasteiger charge is -2.30. The molecule has 1 heterocycles. The van der Waals surface area contributed by atoms with Crippen LogP contribution in [-0.2, 0) is 11.3 Å². The van der Waals surface area contributed by atoms with E-state index in [4.69, 9.17) is 4.74 Å². The Kier molecular flexibility index (Phi) is 7.04. The molecule has 0 saturated carbocycles. The van der Waals surface area contributed by atoms with Crippen molar-refractivity contribution >= 4 is 17.6 Å². The van der Waals surface area contributed by atoms with Crippen LogP contribution in [0.4, 0.5) is 5.69 Å². The highest BCUT2D eigenvalue weighted by Gasteiger charge is 2.17. The molecule has 0 spiro atoms. The fraction of sp³-hybridized carbons (Fsp3) is 0.417. The lowest BCUT2D eigenvalue weighted by atomic mass is 9.99. The standard InChI is InChI=1S/C24H30N2O3/c1-4-29-24(28)21-8-5-9-22(18(21)3)25-23(27)20-12-10-19(11-13-20)16-26-14-6-7-17(2)15-26/h5,8-13,17H,4,6-7,14-16H2,1-3H3,(H,25,27)/t17-/m1/s1. The second kappa shape index (κ2) is 9.70. The smallest absolute Gasteiger partial charge is 0.338 e. The Morgan fingerprint density at radius 2 is 1.93 bits per heavy atom. The number of esters is 1. The average molecular weight is 395 g/mol. The van der Waals surface area contributed by atoms with Crippen LogP contribution in [0.3, 0.4) is 0 Å². The summed E-state index contributed by atoms with van der Waals surface area (Å²) in [5.41, 5.74) is 3.61. The van der Waals surface area contributed by atoms with E-state index in [2.05, 4.69) is 17.1 Å². The van der Waals surface area contributed by atoms with Gasteiger partial charge in [-0.05, 0) is 74.5 Å². The second-order valence-corrected chi connectivity index (χ2v) is 7.83. The number of carbonyl (C=O) groups excluding carboxylic acids is 2. The van der Waals surface area contributed by atoms with Gasteiger partial charge >= 0.3 is 5.97 Å². The highest BCUT2D eigenvalue weighted by molar-refractivity contribution is 6.05. The zero-order valence-corrected chi connectivity index (χ0v) is 17.5. The van der Waals surface area contributed by atoms with Gasteiger partial charge in [0.25, 0.3) is 5.91 Å². The van der Waals surface area contributed by atoms with Gasteiger partial charge in [-0.1, -0.05) is 25.1 Å². The van der Waals surface area contributed by atoms with Crippen LogP contribution in [0.15, 0.2) is 42.5 Å². The van der Waals surface area contributed by atoms with Crippen LogP contribution < -0.4 is 5.32 Å². The number of amides is 1. The van der Waals surface area contributed by atoms with Gasteiger partial charge in [-0.3, -0.25) is 9.69 Å². The van der Waals surface area contributed by atoms with Gasteiger partial charge in [0.1, 0.15) is 0 Å². The molecule has 0 bridgehead atoms. The molecule has 1 fully saturated rings. The van der Waals surface area contributed by atoms with Gasteiger partial charge < -0.3 is 10.1 Å². The van der Waals surface area contributed by atoms with Crippen molar-refractivity contribution in [3.05, 3.63) is 64.7 Å². The first kappa shape index (κ1) is 21.1. The molecule has 154 valence electrons. The Hall–Kier alpha value is -2.66. The molecule has 0 radical (unpaired) electrons. The highest BCUT2D eigenvalue weighted by atomic mass is 16.5. The number of nitrogens with zero attached hydrogens (tertiary/aromatic N) is 1. The largest absolute Gasteiger partial charge is 0.462 e. The Morgan fingerprint density at radius 3 is 2.62 bits per heavy atom. The maximum absolute atomic E-state index is 12.7. The van der Waals surface area contributed by atoms with E-state index in [0.29, 0.717) is 29.0 Å². The first-order valence-electron chi connectivity index (χ1n) is 10.4. The Balaban J connectivity index is 1.65. The molecule has 5 heteroatoms. The van der Waals surface area contributed by atoms with Gasteiger partial charge in [-0.15, -0.1) is 0 Å². The van der Waals surface area contributed by atoms with Gasteiger partial charge in [0, 0.05) is 24.3 Å². The Bertz CT molecular complexity index is 861. The van der Waals surface area contributed by atoms with Crippen LogP contribution >= 0.6 is 0 Å². The van der Waals surface area contributed by atoms with E-state index < -0.39 is 0 Å². The summed E-state index contributed by atoms with van der Waals surface area (Å²) in [4.78, 5) is 27.2. The molecular weight excluding hydrogens is 364 g/mol. The van der Waals surface area contributed by atoms with Crippen molar-refractivity contribution in [3.63, 3.8) is 0 Å². The number of hydrogen-bond donors (Lipinski definition) is 1. The number of anilines is 1. The molecule has 0 unspecified atom stereocenters. The van der Waals surface area contributed by atoms with E-state index in [9.17, 15) is 9.59 Å². The number of likely N-dealkylation sites (tertiary alicyclic amines) is 1. The number of nitrogens with one attached hydrogen (secondary N) is 1. The summed E-state index contributed by atoms with van der Waals surface area (Å²) in [7, 11) is 0. The predicted octanol–water partition coefficient (Wildman–Crippen LogP) is 4.66. The Morgan fingerprint density at radius 1 is 1.17 bits per heavy atom. The summed E-state index contributed by atoms with van der Waals surface area (Å²) >= 11 is 0. The summed E-state index contributed by atoms with van der Waals surface area (Å²) in [5, 5.41) is 2.91. The zero-order valence-electron chi connectivity index (χ0n) is 17.5. The zero-order chi connectivity index (χ0) is 20.8. The van der Waals surface area contributed by atoms with Crippen molar-refractivity contribution < 1.29 is 14.3 Å². The van der Waals surface area contributed by atoms with Crippen molar-refractivity contribution in [2.45, 2.75) is 40.2 Å². The van der Waals surface area contributed by atoms with Crippen LogP contribution in [0.25, 0.3) is 0 Å². The summed E-state index contributed by atoms with van der Waals surface area (Å²) in [5.74, 6) is 0.187. The van der Waals surface area contributed by atoms with E-state index in [1.807, 2.05) is 31.2 Å². The van der Waals surface area contributed by atoms with Gasteiger partial charge in [0.05, 0.1) is 12.2 Å². The normalized spacial score (nSPS) is 17.0. The minimum Gasteiger partial charge on any atom is -0.462 e. The molecule has 1 saturated heterocycles. The summed E-state index contributed by atoms with van der Waals surface area (Å²) in [6.45, 7) is 9.41. The molecule has 1 aliphatic heterocycles. The minimum atomic E-state index is -0.377. The fourth-order valence-corrected chi connectivity index (χ4v) is 3.85. The maximum atomic E-state index is 12.7. The number of piperidine rings is 1. The molecule has 2 aromatic carbocycles. The third-order valence-corrected chi connectivity index (χ3v) is 5.44. The number of carbonyl (C=O) groups is 2. The van der Waals surface area contributed by atoms with E-state index in [1.54, 1.807) is 25.1 Å². The van der Waals surface area contributed by atoms with Gasteiger partial charge in [-0.2, -0.15) is 0 Å². The maximum Gasteiger partial charge on any atom is 0.338 e. The van der Waals surface area contributed by atoms with Crippen LogP contribution in [-0.4, -0.2) is 36.5 Å². The SMILES string of the molecule is CCOC(=O)c1cccc(NC(=O)c2ccc(CN3CCC[C@@H](C)C3)cc2)c1C. The summed E-state index contributed by atoms with van der Waals surface area (Å²) < 4.78 is 5.08. The van der Waals surface area contributed by atoms with Crippen LogP contribution in [0.2, 0.25) is 0 Å². The quantitative estimate of drug-likeness (QED) is 0.724. The molecular formula is C24H30N2O3. The molecule has 1 N–H and O–H groups in total. The topological polar surface area (TPSA) is 58.6 Å². The Labute approximate surface area is 173 Å². The van der Waals surface area contributed by atoms with Crippen LogP contribution in [0, 0.1) is 12.8 Å². The number of rotatable bonds is 6. The lowest BCUT2D eigenvalue weighted by molar-refractivity contribution is 0.0525. The minimum absolute atomic E-state index is 0.188. The van der Waals surface area contributed by atoms with Gasteiger partial charge in [0.15, 0.2) is 0 Å². The second-order valence-electron chi connectivity index (χ2n) is 7.83. The fourth-order valence-electron chi connectivity index (χ4n) is 3.85. The van der Waals surface area contributed by atoms with E-state index in [0.717, 1.165) is 25.6 Å². The average Bonchev–Trinajstić information content (AvgIpc) is 2.70.